The maximum absolute atomic E-state index is 11.7. The fraction of sp³-hybridized carbons (Fsp3) is 0.417. The lowest BCUT2D eigenvalue weighted by Gasteiger charge is -2.06. The molecule has 1 amide bonds. The molecule has 86 valence electrons. The summed E-state index contributed by atoms with van der Waals surface area (Å²) in [5.41, 5.74) is 0.329. The molecule has 0 spiro atoms. The van der Waals surface area contributed by atoms with Gasteiger partial charge in [-0.05, 0) is 36.5 Å². The summed E-state index contributed by atoms with van der Waals surface area (Å²) in [5, 5.41) is 12.5. The van der Waals surface area contributed by atoms with Crippen LogP contribution in [0.1, 0.15) is 23.7 Å². The normalized spacial score (nSPS) is 22.9. The quantitative estimate of drug-likeness (QED) is 0.851. The molecule has 0 saturated heterocycles. The molecule has 0 aliphatic heterocycles. The van der Waals surface area contributed by atoms with Crippen molar-refractivity contribution in [3.8, 4) is 5.75 Å². The molecular weight excluding hydrogens is 226 g/mol. The minimum atomic E-state index is -0.222. The van der Waals surface area contributed by atoms with Gasteiger partial charge in [-0.2, -0.15) is 0 Å². The molecule has 2 unspecified atom stereocenters. The first-order chi connectivity index (χ1) is 7.58. The number of phenolic OH excluding ortho intramolecular Hbond substituents is 1. The maximum atomic E-state index is 11.7. The number of amides is 1. The van der Waals surface area contributed by atoms with E-state index in [2.05, 4.69) is 12.2 Å². The van der Waals surface area contributed by atoms with Crippen molar-refractivity contribution in [3.63, 3.8) is 0 Å². The van der Waals surface area contributed by atoms with Crippen LogP contribution in [0.2, 0.25) is 5.02 Å². The van der Waals surface area contributed by atoms with E-state index in [1.54, 1.807) is 0 Å². The highest BCUT2D eigenvalue weighted by atomic mass is 35.5. The van der Waals surface area contributed by atoms with Gasteiger partial charge in [0, 0.05) is 6.54 Å². The fourth-order valence-corrected chi connectivity index (χ4v) is 1.89. The van der Waals surface area contributed by atoms with Crippen LogP contribution in [-0.4, -0.2) is 17.6 Å². The zero-order valence-corrected chi connectivity index (χ0v) is 9.79. The van der Waals surface area contributed by atoms with Gasteiger partial charge in [0.1, 0.15) is 5.75 Å². The van der Waals surface area contributed by atoms with Gasteiger partial charge in [-0.15, -0.1) is 0 Å². The minimum absolute atomic E-state index is 0.0503. The molecule has 16 heavy (non-hydrogen) atoms. The Bertz CT molecular complexity index is 419. The topological polar surface area (TPSA) is 49.3 Å². The molecule has 1 aromatic carbocycles. The van der Waals surface area contributed by atoms with Crippen molar-refractivity contribution in [3.05, 3.63) is 28.8 Å². The Hall–Kier alpha value is -1.22. The SMILES string of the molecule is CC1CC1CNC(=O)c1cc(O)ccc1Cl. The summed E-state index contributed by atoms with van der Waals surface area (Å²) < 4.78 is 0. The van der Waals surface area contributed by atoms with Crippen LogP contribution < -0.4 is 5.32 Å². The van der Waals surface area contributed by atoms with Gasteiger partial charge in [0.25, 0.3) is 5.91 Å². The van der Waals surface area contributed by atoms with Crippen molar-refractivity contribution >= 4 is 17.5 Å². The van der Waals surface area contributed by atoms with Crippen LogP contribution in [0.25, 0.3) is 0 Å². The number of carbonyl (C=O) groups excluding carboxylic acids is 1. The number of aromatic hydroxyl groups is 1. The second kappa shape index (κ2) is 4.34. The molecule has 1 aliphatic carbocycles. The lowest BCUT2D eigenvalue weighted by atomic mass is 10.2. The average Bonchev–Trinajstić information content (AvgIpc) is 2.95. The molecule has 2 atom stereocenters. The summed E-state index contributed by atoms with van der Waals surface area (Å²) in [6, 6.07) is 4.36. The molecule has 3 nitrogen and oxygen atoms in total. The van der Waals surface area contributed by atoms with Gasteiger partial charge in [0.15, 0.2) is 0 Å². The zero-order chi connectivity index (χ0) is 11.7. The molecule has 0 bridgehead atoms. The smallest absolute Gasteiger partial charge is 0.252 e. The van der Waals surface area contributed by atoms with Crippen LogP contribution in [-0.2, 0) is 0 Å². The van der Waals surface area contributed by atoms with Gasteiger partial charge in [0.05, 0.1) is 10.6 Å². The van der Waals surface area contributed by atoms with E-state index in [9.17, 15) is 9.90 Å². The molecule has 2 N–H and O–H groups in total. The third kappa shape index (κ3) is 2.47. The van der Waals surface area contributed by atoms with Crippen molar-refractivity contribution in [2.45, 2.75) is 13.3 Å². The van der Waals surface area contributed by atoms with Crippen LogP contribution in [0, 0.1) is 11.8 Å². The van der Waals surface area contributed by atoms with E-state index in [0.29, 0.717) is 29.0 Å². The summed E-state index contributed by atoms with van der Waals surface area (Å²) in [6.45, 7) is 2.85. The highest BCUT2D eigenvalue weighted by Crippen LogP contribution is 2.36. The lowest BCUT2D eigenvalue weighted by Crippen LogP contribution is -2.26. The van der Waals surface area contributed by atoms with E-state index >= 15 is 0 Å². The van der Waals surface area contributed by atoms with E-state index in [-0.39, 0.29) is 11.7 Å². The van der Waals surface area contributed by atoms with Gasteiger partial charge in [-0.25, -0.2) is 0 Å². The van der Waals surface area contributed by atoms with Crippen molar-refractivity contribution in [1.29, 1.82) is 0 Å². The highest BCUT2D eigenvalue weighted by molar-refractivity contribution is 6.33. The molecule has 0 aromatic heterocycles. The molecule has 0 radical (unpaired) electrons. The van der Waals surface area contributed by atoms with Crippen molar-refractivity contribution in [1.82, 2.24) is 5.32 Å². The summed E-state index contributed by atoms with van der Waals surface area (Å²) in [6.07, 6.45) is 1.17. The Balaban J connectivity index is 1.99. The van der Waals surface area contributed by atoms with Crippen LogP contribution in [0.3, 0.4) is 0 Å². The number of hydrogen-bond acceptors (Lipinski definition) is 2. The first-order valence-electron chi connectivity index (χ1n) is 5.34. The first kappa shape index (κ1) is 11.3. The Morgan fingerprint density at radius 3 is 2.94 bits per heavy atom. The number of rotatable bonds is 3. The van der Waals surface area contributed by atoms with Crippen LogP contribution in [0.15, 0.2) is 18.2 Å². The Labute approximate surface area is 99.4 Å². The predicted octanol–water partition coefficient (Wildman–Crippen LogP) is 2.43. The molecule has 2 rings (SSSR count). The van der Waals surface area contributed by atoms with Gasteiger partial charge >= 0.3 is 0 Å². The maximum Gasteiger partial charge on any atom is 0.252 e. The predicted molar refractivity (Wildman–Crippen MR) is 62.7 cm³/mol. The van der Waals surface area contributed by atoms with Crippen molar-refractivity contribution < 1.29 is 9.90 Å². The fourth-order valence-electron chi connectivity index (χ4n) is 1.69. The molecule has 1 aliphatic rings. The Morgan fingerprint density at radius 2 is 2.31 bits per heavy atom. The summed E-state index contributed by atoms with van der Waals surface area (Å²) in [7, 11) is 0. The van der Waals surface area contributed by atoms with E-state index in [1.165, 1.54) is 24.6 Å². The second-order valence-electron chi connectivity index (χ2n) is 4.35. The highest BCUT2D eigenvalue weighted by Gasteiger charge is 2.32. The number of halogens is 1. The van der Waals surface area contributed by atoms with Crippen LogP contribution >= 0.6 is 11.6 Å². The van der Waals surface area contributed by atoms with Gasteiger partial charge in [-0.1, -0.05) is 18.5 Å². The number of hydrogen-bond donors (Lipinski definition) is 2. The average molecular weight is 240 g/mol. The van der Waals surface area contributed by atoms with E-state index in [0.717, 1.165) is 0 Å². The molecule has 1 fully saturated rings. The monoisotopic (exact) mass is 239 g/mol. The van der Waals surface area contributed by atoms with Crippen molar-refractivity contribution in [2.75, 3.05) is 6.54 Å². The Kier molecular flexibility index (Phi) is 3.06. The first-order valence-corrected chi connectivity index (χ1v) is 5.72. The number of phenols is 1. The molecular formula is C12H14ClNO2. The molecule has 4 heteroatoms. The molecule has 0 heterocycles. The molecule has 1 saturated carbocycles. The van der Waals surface area contributed by atoms with Crippen molar-refractivity contribution in [2.24, 2.45) is 11.8 Å². The summed E-state index contributed by atoms with van der Waals surface area (Å²) in [5.74, 6) is 1.13. The van der Waals surface area contributed by atoms with E-state index in [1.807, 2.05) is 0 Å². The second-order valence-corrected chi connectivity index (χ2v) is 4.75. The number of nitrogens with one attached hydrogen (secondary N) is 1. The lowest BCUT2D eigenvalue weighted by molar-refractivity contribution is 0.0951. The third-order valence-corrected chi connectivity index (χ3v) is 3.33. The van der Waals surface area contributed by atoms with Gasteiger partial charge in [-0.3, -0.25) is 4.79 Å². The van der Waals surface area contributed by atoms with Crippen LogP contribution in [0.5, 0.6) is 5.75 Å². The summed E-state index contributed by atoms with van der Waals surface area (Å²) >= 11 is 5.88. The van der Waals surface area contributed by atoms with Gasteiger partial charge < -0.3 is 10.4 Å². The van der Waals surface area contributed by atoms with E-state index in [4.69, 9.17) is 11.6 Å². The standard InChI is InChI=1S/C12H14ClNO2/c1-7-4-8(7)6-14-12(16)10-5-9(15)2-3-11(10)13/h2-3,5,7-8,15H,4,6H2,1H3,(H,14,16). The van der Waals surface area contributed by atoms with Gasteiger partial charge in [0.2, 0.25) is 0 Å². The number of benzene rings is 1. The van der Waals surface area contributed by atoms with Crippen LogP contribution in [0.4, 0.5) is 0 Å². The zero-order valence-electron chi connectivity index (χ0n) is 9.03. The van der Waals surface area contributed by atoms with E-state index < -0.39 is 0 Å². The molecule has 1 aromatic rings. The minimum Gasteiger partial charge on any atom is -0.508 e. The number of carbonyl (C=O) groups is 1. The summed E-state index contributed by atoms with van der Waals surface area (Å²) in [4.78, 5) is 11.7. The largest absolute Gasteiger partial charge is 0.508 e. The third-order valence-electron chi connectivity index (χ3n) is 3.00. The Morgan fingerprint density at radius 1 is 1.62 bits per heavy atom.